The monoisotopic (exact) mass is 397 g/mol. The van der Waals surface area contributed by atoms with Crippen LogP contribution in [0.1, 0.15) is 20.8 Å². The minimum absolute atomic E-state index is 0.0750. The molecule has 0 radical (unpaired) electrons. The molecule has 154 valence electrons. The van der Waals surface area contributed by atoms with Gasteiger partial charge >= 0.3 is 0 Å². The molecule has 1 N–H and O–H groups in total. The maximum atomic E-state index is 12.6. The van der Waals surface area contributed by atoms with Crippen molar-refractivity contribution in [1.82, 2.24) is 0 Å². The molecule has 1 heterocycles. The molecule has 0 atom stereocenters. The van der Waals surface area contributed by atoms with Crippen molar-refractivity contribution >= 4 is 28.9 Å². The Morgan fingerprint density at radius 2 is 1.55 bits per heavy atom. The fourth-order valence-electron chi connectivity index (χ4n) is 3.28. The Hall–Kier alpha value is -3.22. The van der Waals surface area contributed by atoms with E-state index in [9.17, 15) is 9.59 Å². The van der Waals surface area contributed by atoms with E-state index in [1.165, 1.54) is 11.8 Å². The lowest BCUT2D eigenvalue weighted by atomic mass is 10.2. The molecule has 1 aliphatic rings. The Labute approximate surface area is 171 Å². The number of ether oxygens (including phenoxy) is 2. The minimum atomic E-state index is -0.287. The normalized spacial score (nSPS) is 12.2. The zero-order chi connectivity index (χ0) is 20.8. The quantitative estimate of drug-likeness (QED) is 0.776. The number of nitrogens with zero attached hydrogens (tertiary/aromatic N) is 2. The van der Waals surface area contributed by atoms with E-state index in [0.717, 1.165) is 18.8 Å². The van der Waals surface area contributed by atoms with Crippen molar-refractivity contribution in [1.29, 1.82) is 0 Å². The SMILES string of the molecule is CCN(CC)c1ccc(N(CC(=O)Nc2ccc3c(c2)OCCO3)C(C)=O)cc1. The highest BCUT2D eigenvalue weighted by Gasteiger charge is 2.18. The molecule has 3 rings (SSSR count). The topological polar surface area (TPSA) is 71.1 Å². The van der Waals surface area contributed by atoms with Crippen molar-refractivity contribution in [2.24, 2.45) is 0 Å². The Balaban J connectivity index is 1.68. The van der Waals surface area contributed by atoms with Gasteiger partial charge in [-0.3, -0.25) is 9.59 Å². The summed E-state index contributed by atoms with van der Waals surface area (Å²) in [4.78, 5) is 28.4. The van der Waals surface area contributed by atoms with E-state index in [1.54, 1.807) is 18.2 Å². The summed E-state index contributed by atoms with van der Waals surface area (Å²) in [5.74, 6) is 0.778. The third-order valence-electron chi connectivity index (χ3n) is 4.80. The van der Waals surface area contributed by atoms with E-state index in [4.69, 9.17) is 9.47 Å². The molecule has 0 unspecified atom stereocenters. The van der Waals surface area contributed by atoms with Crippen LogP contribution in [0.5, 0.6) is 11.5 Å². The highest BCUT2D eigenvalue weighted by molar-refractivity contribution is 6.02. The molecule has 2 aromatic carbocycles. The van der Waals surface area contributed by atoms with Crippen molar-refractivity contribution in [3.63, 3.8) is 0 Å². The van der Waals surface area contributed by atoms with Crippen LogP contribution in [0, 0.1) is 0 Å². The largest absolute Gasteiger partial charge is 0.486 e. The van der Waals surface area contributed by atoms with E-state index >= 15 is 0 Å². The first-order valence-electron chi connectivity index (χ1n) is 9.84. The molecule has 0 saturated heterocycles. The van der Waals surface area contributed by atoms with Crippen LogP contribution >= 0.6 is 0 Å². The number of rotatable bonds is 7. The van der Waals surface area contributed by atoms with Crippen molar-refractivity contribution in [2.75, 3.05) is 48.0 Å². The highest BCUT2D eigenvalue weighted by atomic mass is 16.6. The van der Waals surface area contributed by atoms with Crippen LogP contribution in [-0.2, 0) is 9.59 Å². The van der Waals surface area contributed by atoms with Gasteiger partial charge in [-0.15, -0.1) is 0 Å². The van der Waals surface area contributed by atoms with E-state index in [2.05, 4.69) is 24.1 Å². The lowest BCUT2D eigenvalue weighted by molar-refractivity contribution is -0.120. The van der Waals surface area contributed by atoms with Gasteiger partial charge in [0.15, 0.2) is 11.5 Å². The van der Waals surface area contributed by atoms with Crippen molar-refractivity contribution < 1.29 is 19.1 Å². The second-order valence-corrected chi connectivity index (χ2v) is 6.70. The van der Waals surface area contributed by atoms with Gasteiger partial charge in [-0.2, -0.15) is 0 Å². The molecule has 0 aromatic heterocycles. The van der Waals surface area contributed by atoms with Gasteiger partial charge in [-0.05, 0) is 50.2 Å². The number of amides is 2. The average Bonchev–Trinajstić information content (AvgIpc) is 2.73. The molecule has 0 saturated carbocycles. The van der Waals surface area contributed by atoms with Gasteiger partial charge in [-0.25, -0.2) is 0 Å². The molecule has 0 aliphatic carbocycles. The van der Waals surface area contributed by atoms with Gasteiger partial charge in [-0.1, -0.05) is 0 Å². The smallest absolute Gasteiger partial charge is 0.244 e. The Bertz CT molecular complexity index is 863. The van der Waals surface area contributed by atoms with Gasteiger partial charge in [0.25, 0.3) is 0 Å². The highest BCUT2D eigenvalue weighted by Crippen LogP contribution is 2.32. The molecule has 0 fully saturated rings. The molecule has 7 heteroatoms. The molecule has 7 nitrogen and oxygen atoms in total. The molecular weight excluding hydrogens is 370 g/mol. The molecule has 0 spiro atoms. The second-order valence-electron chi connectivity index (χ2n) is 6.70. The summed E-state index contributed by atoms with van der Waals surface area (Å²) in [5, 5.41) is 2.82. The lowest BCUT2D eigenvalue weighted by Crippen LogP contribution is -2.36. The van der Waals surface area contributed by atoms with Crippen LogP contribution < -0.4 is 24.6 Å². The summed E-state index contributed by atoms with van der Waals surface area (Å²) in [6, 6.07) is 12.9. The zero-order valence-electron chi connectivity index (χ0n) is 17.1. The summed E-state index contributed by atoms with van der Waals surface area (Å²) in [5.41, 5.74) is 2.37. The van der Waals surface area contributed by atoms with Crippen molar-refractivity contribution in [2.45, 2.75) is 20.8 Å². The number of benzene rings is 2. The van der Waals surface area contributed by atoms with E-state index in [1.807, 2.05) is 24.3 Å². The minimum Gasteiger partial charge on any atom is -0.486 e. The van der Waals surface area contributed by atoms with Crippen LogP contribution in [0.4, 0.5) is 17.1 Å². The number of nitrogens with one attached hydrogen (secondary N) is 1. The summed E-state index contributed by atoms with van der Waals surface area (Å²) < 4.78 is 11.0. The van der Waals surface area contributed by atoms with Gasteiger partial charge in [0.05, 0.1) is 0 Å². The van der Waals surface area contributed by atoms with E-state index in [0.29, 0.717) is 36.1 Å². The fraction of sp³-hybridized carbons (Fsp3) is 0.364. The maximum absolute atomic E-state index is 12.6. The summed E-state index contributed by atoms with van der Waals surface area (Å²) in [7, 11) is 0. The van der Waals surface area contributed by atoms with Crippen LogP contribution in [0.2, 0.25) is 0 Å². The average molecular weight is 397 g/mol. The third-order valence-corrected chi connectivity index (χ3v) is 4.80. The van der Waals surface area contributed by atoms with Gasteiger partial charge in [0, 0.05) is 43.1 Å². The first-order valence-corrected chi connectivity index (χ1v) is 9.84. The summed E-state index contributed by atoms with van der Waals surface area (Å²) in [6.07, 6.45) is 0. The van der Waals surface area contributed by atoms with Crippen LogP contribution in [-0.4, -0.2) is 44.7 Å². The second kappa shape index (κ2) is 9.32. The molecule has 29 heavy (non-hydrogen) atoms. The molecule has 2 aromatic rings. The van der Waals surface area contributed by atoms with Gasteiger partial charge in [0.2, 0.25) is 11.8 Å². The van der Waals surface area contributed by atoms with Crippen LogP contribution in [0.15, 0.2) is 42.5 Å². The number of carbonyl (C=O) groups excluding carboxylic acids is 2. The number of hydrogen-bond acceptors (Lipinski definition) is 5. The van der Waals surface area contributed by atoms with Gasteiger partial charge in [0.1, 0.15) is 19.8 Å². The first-order chi connectivity index (χ1) is 14.0. The van der Waals surface area contributed by atoms with Crippen LogP contribution in [0.25, 0.3) is 0 Å². The van der Waals surface area contributed by atoms with E-state index < -0.39 is 0 Å². The number of hydrogen-bond donors (Lipinski definition) is 1. The number of carbonyl (C=O) groups is 2. The Morgan fingerprint density at radius 3 is 2.17 bits per heavy atom. The standard InChI is InChI=1S/C22H27N3O4/c1-4-24(5-2)18-7-9-19(10-8-18)25(16(3)26)15-22(27)23-17-6-11-20-21(14-17)29-13-12-28-20/h6-11,14H,4-5,12-13,15H2,1-3H3,(H,23,27). The van der Waals surface area contributed by atoms with E-state index in [-0.39, 0.29) is 18.4 Å². The first kappa shape index (κ1) is 20.5. The fourth-order valence-corrected chi connectivity index (χ4v) is 3.28. The van der Waals surface area contributed by atoms with Crippen LogP contribution in [0.3, 0.4) is 0 Å². The maximum Gasteiger partial charge on any atom is 0.244 e. The molecular formula is C22H27N3O4. The van der Waals surface area contributed by atoms with Crippen molar-refractivity contribution in [3.8, 4) is 11.5 Å². The molecule has 1 aliphatic heterocycles. The predicted octanol–water partition coefficient (Wildman–Crippen LogP) is 3.30. The number of anilines is 3. The summed E-state index contributed by atoms with van der Waals surface area (Å²) >= 11 is 0. The lowest BCUT2D eigenvalue weighted by Gasteiger charge is -2.24. The summed E-state index contributed by atoms with van der Waals surface area (Å²) in [6.45, 7) is 8.38. The number of fused-ring (bicyclic) bond motifs is 1. The third kappa shape index (κ3) is 4.99. The van der Waals surface area contributed by atoms with Crippen molar-refractivity contribution in [3.05, 3.63) is 42.5 Å². The van der Waals surface area contributed by atoms with Gasteiger partial charge < -0.3 is 24.6 Å². The zero-order valence-corrected chi connectivity index (χ0v) is 17.1. The Kier molecular flexibility index (Phi) is 6.59. The predicted molar refractivity (Wildman–Crippen MR) is 114 cm³/mol. The Morgan fingerprint density at radius 1 is 0.931 bits per heavy atom. The molecule has 0 bridgehead atoms. The molecule has 2 amide bonds.